The highest BCUT2D eigenvalue weighted by Crippen LogP contribution is 2.16. The zero-order chi connectivity index (χ0) is 14.5. The number of rotatable bonds is 4. The summed E-state index contributed by atoms with van der Waals surface area (Å²) in [5, 5.41) is 3.52. The first-order valence-corrected chi connectivity index (χ1v) is 6.56. The summed E-state index contributed by atoms with van der Waals surface area (Å²) in [6.45, 7) is 1.90. The minimum Gasteiger partial charge on any atom is -0.382 e. The highest BCUT2D eigenvalue weighted by Gasteiger charge is 2.15. The fourth-order valence-electron chi connectivity index (χ4n) is 1.86. The van der Waals surface area contributed by atoms with Gasteiger partial charge in [-0.05, 0) is 25.0 Å². The molecular weight excluding hydrogens is 276 g/mol. The Morgan fingerprint density at radius 3 is 2.75 bits per heavy atom. The predicted molar refractivity (Wildman–Crippen MR) is 78.5 cm³/mol. The van der Waals surface area contributed by atoms with Gasteiger partial charge in [0.05, 0.1) is 0 Å². The van der Waals surface area contributed by atoms with Gasteiger partial charge < -0.3 is 11.1 Å². The molecule has 2 aromatic rings. The number of nitrogen functional groups attached to an aromatic ring is 1. The molecule has 0 saturated carbocycles. The third kappa shape index (κ3) is 3.45. The van der Waals surface area contributed by atoms with Gasteiger partial charge in [0.2, 0.25) is 0 Å². The molecule has 0 aliphatic carbocycles. The number of carbonyl (C=O) groups is 1. The van der Waals surface area contributed by atoms with Crippen molar-refractivity contribution in [2.24, 2.45) is 0 Å². The van der Waals surface area contributed by atoms with Crippen molar-refractivity contribution in [2.45, 2.75) is 19.4 Å². The van der Waals surface area contributed by atoms with Gasteiger partial charge in [-0.15, -0.1) is 0 Å². The average molecular weight is 291 g/mol. The third-order valence-electron chi connectivity index (χ3n) is 2.80. The highest BCUT2D eigenvalue weighted by atomic mass is 35.5. The third-order valence-corrected chi connectivity index (χ3v) is 3.17. The van der Waals surface area contributed by atoms with Crippen molar-refractivity contribution >= 4 is 23.3 Å². The van der Waals surface area contributed by atoms with E-state index in [4.69, 9.17) is 17.3 Å². The monoisotopic (exact) mass is 290 g/mol. The molecular formula is C14H15ClN4O. The van der Waals surface area contributed by atoms with Gasteiger partial charge in [0.15, 0.2) is 11.5 Å². The molecule has 2 rings (SSSR count). The van der Waals surface area contributed by atoms with Crippen LogP contribution in [0, 0.1) is 0 Å². The Morgan fingerprint density at radius 1 is 1.35 bits per heavy atom. The van der Waals surface area contributed by atoms with Gasteiger partial charge in [-0.25, -0.2) is 9.97 Å². The van der Waals surface area contributed by atoms with Crippen molar-refractivity contribution in [2.75, 3.05) is 5.73 Å². The maximum atomic E-state index is 12.0. The Bertz CT molecular complexity index is 618. The lowest BCUT2D eigenvalue weighted by molar-refractivity contribution is 0.0935. The van der Waals surface area contributed by atoms with Gasteiger partial charge in [-0.1, -0.05) is 29.8 Å². The van der Waals surface area contributed by atoms with E-state index in [-0.39, 0.29) is 23.5 Å². The van der Waals surface area contributed by atoms with Crippen molar-refractivity contribution in [3.63, 3.8) is 0 Å². The highest BCUT2D eigenvalue weighted by molar-refractivity contribution is 6.31. The van der Waals surface area contributed by atoms with E-state index in [1.54, 1.807) is 0 Å². The number of benzene rings is 1. The average Bonchev–Trinajstić information content (AvgIpc) is 2.41. The topological polar surface area (TPSA) is 80.9 Å². The number of nitrogens with one attached hydrogen (secondary N) is 1. The van der Waals surface area contributed by atoms with Crippen LogP contribution in [-0.2, 0) is 6.42 Å². The van der Waals surface area contributed by atoms with Gasteiger partial charge in [0.25, 0.3) is 5.91 Å². The number of nitrogens with zero attached hydrogens (tertiary/aromatic N) is 2. The first-order valence-electron chi connectivity index (χ1n) is 6.18. The van der Waals surface area contributed by atoms with Gasteiger partial charge >= 0.3 is 0 Å². The lowest BCUT2D eigenvalue weighted by atomic mass is 10.1. The summed E-state index contributed by atoms with van der Waals surface area (Å²) < 4.78 is 0. The van der Waals surface area contributed by atoms with E-state index in [1.165, 1.54) is 12.4 Å². The summed E-state index contributed by atoms with van der Waals surface area (Å²) >= 11 is 6.09. The maximum absolute atomic E-state index is 12.0. The number of anilines is 1. The zero-order valence-electron chi connectivity index (χ0n) is 11.0. The number of halogens is 1. The summed E-state index contributed by atoms with van der Waals surface area (Å²) in [5.74, 6) is -0.218. The van der Waals surface area contributed by atoms with Crippen molar-refractivity contribution in [3.8, 4) is 0 Å². The molecule has 1 atom stereocenters. The summed E-state index contributed by atoms with van der Waals surface area (Å²) in [7, 11) is 0. The molecule has 1 aromatic carbocycles. The van der Waals surface area contributed by atoms with Crippen LogP contribution in [0.3, 0.4) is 0 Å². The zero-order valence-corrected chi connectivity index (χ0v) is 11.8. The van der Waals surface area contributed by atoms with Crippen molar-refractivity contribution in [1.82, 2.24) is 15.3 Å². The smallest absolute Gasteiger partial charge is 0.273 e. The molecule has 1 heterocycles. The quantitative estimate of drug-likeness (QED) is 0.903. The largest absolute Gasteiger partial charge is 0.382 e. The van der Waals surface area contributed by atoms with Crippen LogP contribution in [0.1, 0.15) is 23.0 Å². The van der Waals surface area contributed by atoms with E-state index in [1.807, 2.05) is 31.2 Å². The second-order valence-corrected chi connectivity index (χ2v) is 4.87. The molecule has 0 radical (unpaired) electrons. The molecule has 104 valence electrons. The SMILES string of the molecule is C[C@@H](Cc1ccccc1Cl)NC(=O)c1nccnc1N. The molecule has 1 amide bonds. The van der Waals surface area contributed by atoms with Crippen LogP contribution in [0.15, 0.2) is 36.7 Å². The molecule has 0 aliphatic rings. The molecule has 0 fully saturated rings. The molecule has 20 heavy (non-hydrogen) atoms. The fraction of sp³-hybridized carbons (Fsp3) is 0.214. The van der Waals surface area contributed by atoms with Crippen LogP contribution in [0.2, 0.25) is 5.02 Å². The predicted octanol–water partition coefficient (Wildman–Crippen LogP) is 2.07. The van der Waals surface area contributed by atoms with Crippen LogP contribution < -0.4 is 11.1 Å². The Hall–Kier alpha value is -2.14. The molecule has 5 nitrogen and oxygen atoms in total. The maximum Gasteiger partial charge on any atom is 0.273 e. The normalized spacial score (nSPS) is 11.9. The van der Waals surface area contributed by atoms with E-state index in [2.05, 4.69) is 15.3 Å². The minimum absolute atomic E-state index is 0.0937. The van der Waals surface area contributed by atoms with E-state index in [9.17, 15) is 4.79 Å². The summed E-state index contributed by atoms with van der Waals surface area (Å²) in [4.78, 5) is 19.8. The van der Waals surface area contributed by atoms with Crippen molar-refractivity contribution in [1.29, 1.82) is 0 Å². The molecule has 0 spiro atoms. The second kappa shape index (κ2) is 6.34. The molecule has 1 aromatic heterocycles. The summed E-state index contributed by atoms with van der Waals surface area (Å²) in [6.07, 6.45) is 3.51. The Kier molecular flexibility index (Phi) is 4.53. The first kappa shape index (κ1) is 14.3. The van der Waals surface area contributed by atoms with E-state index < -0.39 is 0 Å². The minimum atomic E-state index is -0.338. The summed E-state index contributed by atoms with van der Waals surface area (Å²) in [6, 6.07) is 7.45. The van der Waals surface area contributed by atoms with Gasteiger partial charge in [-0.2, -0.15) is 0 Å². The van der Waals surface area contributed by atoms with Crippen LogP contribution in [0.5, 0.6) is 0 Å². The number of aromatic nitrogens is 2. The number of hydrogen-bond donors (Lipinski definition) is 2. The first-order chi connectivity index (χ1) is 9.58. The van der Waals surface area contributed by atoms with Gasteiger partial charge in [-0.3, -0.25) is 4.79 Å². The number of hydrogen-bond acceptors (Lipinski definition) is 4. The Balaban J connectivity index is 2.02. The number of carbonyl (C=O) groups excluding carboxylic acids is 1. The van der Waals surface area contributed by atoms with Crippen LogP contribution in [0.25, 0.3) is 0 Å². The molecule has 3 N–H and O–H groups in total. The summed E-state index contributed by atoms with van der Waals surface area (Å²) in [5.41, 5.74) is 6.74. The van der Waals surface area contributed by atoms with Gasteiger partial charge in [0.1, 0.15) is 0 Å². The lowest BCUT2D eigenvalue weighted by Crippen LogP contribution is -2.35. The number of nitrogens with two attached hydrogens (primary N) is 1. The Labute approximate surface area is 122 Å². The van der Waals surface area contributed by atoms with Crippen molar-refractivity contribution < 1.29 is 4.79 Å². The van der Waals surface area contributed by atoms with Gasteiger partial charge in [0, 0.05) is 23.5 Å². The molecule has 6 heteroatoms. The second-order valence-electron chi connectivity index (χ2n) is 4.46. The van der Waals surface area contributed by atoms with E-state index in [0.717, 1.165) is 5.56 Å². The van der Waals surface area contributed by atoms with Crippen LogP contribution >= 0.6 is 11.6 Å². The fourth-order valence-corrected chi connectivity index (χ4v) is 2.07. The molecule has 0 bridgehead atoms. The van der Waals surface area contributed by atoms with E-state index >= 15 is 0 Å². The molecule has 0 saturated heterocycles. The molecule has 0 unspecified atom stereocenters. The molecule has 0 aliphatic heterocycles. The van der Waals surface area contributed by atoms with Crippen LogP contribution in [-0.4, -0.2) is 21.9 Å². The van der Waals surface area contributed by atoms with E-state index in [0.29, 0.717) is 11.4 Å². The van der Waals surface area contributed by atoms with Crippen molar-refractivity contribution in [3.05, 3.63) is 52.9 Å². The standard InChI is InChI=1S/C14H15ClN4O/c1-9(8-10-4-2-3-5-11(10)15)19-14(20)12-13(16)18-7-6-17-12/h2-7,9H,8H2,1H3,(H2,16,18)(H,19,20)/t9-/m0/s1. The number of amides is 1. The van der Waals surface area contributed by atoms with Crippen LogP contribution in [0.4, 0.5) is 5.82 Å². The Morgan fingerprint density at radius 2 is 2.05 bits per heavy atom. The lowest BCUT2D eigenvalue weighted by Gasteiger charge is -2.14.